The Labute approximate surface area is 126 Å². The van der Waals surface area contributed by atoms with E-state index >= 15 is 0 Å². The first-order chi connectivity index (χ1) is 10.3. The summed E-state index contributed by atoms with van der Waals surface area (Å²) in [5.74, 6) is 1.19. The van der Waals surface area contributed by atoms with Crippen LogP contribution in [0.25, 0.3) is 10.2 Å². The number of hydrogen-bond donors (Lipinski definition) is 2. The van der Waals surface area contributed by atoms with Gasteiger partial charge in [-0.15, -0.1) is 11.3 Å². The third kappa shape index (κ3) is 3.11. The summed E-state index contributed by atoms with van der Waals surface area (Å²) >= 11 is 1.58. The second-order valence-electron chi connectivity index (χ2n) is 4.55. The standard InChI is InChI=1S/C15H15FN4S/c1-2-17-15-19-13(12-7-8-21-14(12)20-15)18-9-10-3-5-11(16)6-4-10/h3-8H,2,9H2,1H3,(H2,17,18,19,20). The Bertz CT molecular complexity index is 739. The molecule has 0 bridgehead atoms. The summed E-state index contributed by atoms with van der Waals surface area (Å²) < 4.78 is 12.9. The zero-order valence-electron chi connectivity index (χ0n) is 11.6. The van der Waals surface area contributed by atoms with Crippen molar-refractivity contribution in [1.82, 2.24) is 9.97 Å². The predicted octanol–water partition coefficient (Wildman–Crippen LogP) is 3.87. The van der Waals surface area contributed by atoms with Crippen LogP contribution in [0.5, 0.6) is 0 Å². The summed E-state index contributed by atoms with van der Waals surface area (Å²) in [5.41, 5.74) is 1.00. The first-order valence-corrected chi connectivity index (χ1v) is 7.61. The van der Waals surface area contributed by atoms with Crippen LogP contribution in [0, 0.1) is 5.82 Å². The zero-order chi connectivity index (χ0) is 14.7. The lowest BCUT2D eigenvalue weighted by Gasteiger charge is -2.09. The molecule has 0 aliphatic rings. The van der Waals surface area contributed by atoms with E-state index in [0.29, 0.717) is 12.5 Å². The summed E-state index contributed by atoms with van der Waals surface area (Å²) in [7, 11) is 0. The minimum absolute atomic E-state index is 0.226. The molecule has 3 aromatic rings. The molecule has 0 aliphatic carbocycles. The van der Waals surface area contributed by atoms with Crippen molar-refractivity contribution in [3.8, 4) is 0 Å². The van der Waals surface area contributed by atoms with Crippen LogP contribution in [0.1, 0.15) is 12.5 Å². The lowest BCUT2D eigenvalue weighted by atomic mass is 10.2. The van der Waals surface area contributed by atoms with Crippen molar-refractivity contribution in [2.45, 2.75) is 13.5 Å². The summed E-state index contributed by atoms with van der Waals surface area (Å²) in [6.07, 6.45) is 0. The molecule has 1 aromatic carbocycles. The minimum atomic E-state index is -0.226. The second kappa shape index (κ2) is 6.05. The maximum atomic E-state index is 12.9. The number of thiophene rings is 1. The van der Waals surface area contributed by atoms with Gasteiger partial charge in [-0.1, -0.05) is 12.1 Å². The molecule has 2 N–H and O–H groups in total. The molecule has 2 aromatic heterocycles. The molecule has 0 fully saturated rings. The van der Waals surface area contributed by atoms with Crippen molar-refractivity contribution >= 4 is 33.3 Å². The van der Waals surface area contributed by atoms with Crippen LogP contribution in [0.15, 0.2) is 35.7 Å². The Balaban J connectivity index is 1.84. The molecule has 0 atom stereocenters. The average molecular weight is 302 g/mol. The summed E-state index contributed by atoms with van der Waals surface area (Å²) in [4.78, 5) is 9.90. The highest BCUT2D eigenvalue weighted by molar-refractivity contribution is 7.16. The number of halogens is 1. The summed E-state index contributed by atoms with van der Waals surface area (Å²) in [5, 5.41) is 9.43. The topological polar surface area (TPSA) is 49.8 Å². The Hall–Kier alpha value is -2.21. The van der Waals surface area contributed by atoms with Crippen LogP contribution >= 0.6 is 11.3 Å². The van der Waals surface area contributed by atoms with E-state index in [9.17, 15) is 4.39 Å². The molecule has 0 saturated heterocycles. The number of aromatic nitrogens is 2. The molecule has 4 nitrogen and oxygen atoms in total. The highest BCUT2D eigenvalue weighted by atomic mass is 32.1. The normalized spacial score (nSPS) is 10.8. The maximum Gasteiger partial charge on any atom is 0.226 e. The third-order valence-corrected chi connectivity index (χ3v) is 3.84. The van der Waals surface area contributed by atoms with E-state index in [2.05, 4.69) is 20.6 Å². The highest BCUT2D eigenvalue weighted by Crippen LogP contribution is 2.26. The van der Waals surface area contributed by atoms with E-state index in [-0.39, 0.29) is 5.82 Å². The van der Waals surface area contributed by atoms with Crippen molar-refractivity contribution in [2.24, 2.45) is 0 Å². The fourth-order valence-electron chi connectivity index (χ4n) is 2.02. The quantitative estimate of drug-likeness (QED) is 0.751. The summed E-state index contributed by atoms with van der Waals surface area (Å²) in [6.45, 7) is 3.37. The van der Waals surface area contributed by atoms with Crippen LogP contribution < -0.4 is 10.6 Å². The number of fused-ring (bicyclic) bond motifs is 1. The van der Waals surface area contributed by atoms with Gasteiger partial charge < -0.3 is 10.6 Å². The molecule has 6 heteroatoms. The molecular weight excluding hydrogens is 287 g/mol. The molecule has 21 heavy (non-hydrogen) atoms. The monoisotopic (exact) mass is 302 g/mol. The molecular formula is C15H15FN4S. The molecule has 0 saturated carbocycles. The van der Waals surface area contributed by atoms with Crippen molar-refractivity contribution < 1.29 is 4.39 Å². The van der Waals surface area contributed by atoms with E-state index in [1.54, 1.807) is 23.5 Å². The smallest absolute Gasteiger partial charge is 0.226 e. The van der Waals surface area contributed by atoms with Gasteiger partial charge in [0.2, 0.25) is 5.95 Å². The number of anilines is 2. The lowest BCUT2D eigenvalue weighted by molar-refractivity contribution is 0.627. The van der Waals surface area contributed by atoms with Gasteiger partial charge in [-0.25, -0.2) is 9.37 Å². The van der Waals surface area contributed by atoms with Gasteiger partial charge in [0.15, 0.2) is 0 Å². The van der Waals surface area contributed by atoms with Crippen LogP contribution in [0.3, 0.4) is 0 Å². The average Bonchev–Trinajstić information content (AvgIpc) is 2.95. The van der Waals surface area contributed by atoms with Crippen molar-refractivity contribution in [3.05, 3.63) is 47.1 Å². The van der Waals surface area contributed by atoms with E-state index in [1.165, 1.54) is 12.1 Å². The first-order valence-electron chi connectivity index (χ1n) is 6.73. The van der Waals surface area contributed by atoms with Crippen molar-refractivity contribution in [2.75, 3.05) is 17.2 Å². The summed E-state index contributed by atoms with van der Waals surface area (Å²) in [6, 6.07) is 8.45. The van der Waals surface area contributed by atoms with Gasteiger partial charge in [0.05, 0.1) is 5.39 Å². The maximum absolute atomic E-state index is 12.9. The van der Waals surface area contributed by atoms with E-state index in [4.69, 9.17) is 0 Å². The van der Waals surface area contributed by atoms with Gasteiger partial charge in [0.25, 0.3) is 0 Å². The minimum Gasteiger partial charge on any atom is -0.365 e. The largest absolute Gasteiger partial charge is 0.365 e. The molecule has 0 amide bonds. The Kier molecular flexibility index (Phi) is 3.96. The fourth-order valence-corrected chi connectivity index (χ4v) is 2.78. The van der Waals surface area contributed by atoms with Gasteiger partial charge in [-0.05, 0) is 36.1 Å². The number of rotatable bonds is 5. The van der Waals surface area contributed by atoms with Gasteiger partial charge in [-0.2, -0.15) is 4.98 Å². The van der Waals surface area contributed by atoms with Crippen LogP contribution in [-0.4, -0.2) is 16.5 Å². The molecule has 3 rings (SSSR count). The van der Waals surface area contributed by atoms with Crippen molar-refractivity contribution in [1.29, 1.82) is 0 Å². The van der Waals surface area contributed by atoms with E-state index in [0.717, 1.165) is 28.1 Å². The first kappa shape index (κ1) is 13.8. The molecule has 0 radical (unpaired) electrons. The number of benzene rings is 1. The van der Waals surface area contributed by atoms with Crippen LogP contribution in [-0.2, 0) is 6.54 Å². The van der Waals surface area contributed by atoms with Gasteiger partial charge >= 0.3 is 0 Å². The lowest BCUT2D eigenvalue weighted by Crippen LogP contribution is -2.06. The van der Waals surface area contributed by atoms with Gasteiger partial charge in [0, 0.05) is 13.1 Å². The molecule has 108 valence electrons. The van der Waals surface area contributed by atoms with Crippen LogP contribution in [0.4, 0.5) is 16.2 Å². The molecule has 0 unspecified atom stereocenters. The molecule has 2 heterocycles. The van der Waals surface area contributed by atoms with Gasteiger partial charge in [-0.3, -0.25) is 0 Å². The van der Waals surface area contributed by atoms with E-state index < -0.39 is 0 Å². The third-order valence-electron chi connectivity index (χ3n) is 3.03. The predicted molar refractivity (Wildman–Crippen MR) is 85.3 cm³/mol. The van der Waals surface area contributed by atoms with E-state index in [1.807, 2.05) is 18.4 Å². The number of nitrogens with one attached hydrogen (secondary N) is 2. The SMILES string of the molecule is CCNc1nc(NCc2ccc(F)cc2)c2ccsc2n1. The molecule has 0 spiro atoms. The van der Waals surface area contributed by atoms with Gasteiger partial charge in [0.1, 0.15) is 16.5 Å². The Morgan fingerprint density at radius 2 is 1.90 bits per heavy atom. The van der Waals surface area contributed by atoms with Crippen LogP contribution in [0.2, 0.25) is 0 Å². The van der Waals surface area contributed by atoms with Crippen molar-refractivity contribution in [3.63, 3.8) is 0 Å². The Morgan fingerprint density at radius 1 is 1.10 bits per heavy atom. The number of hydrogen-bond acceptors (Lipinski definition) is 5. The Morgan fingerprint density at radius 3 is 2.67 bits per heavy atom. The fraction of sp³-hybridized carbons (Fsp3) is 0.200. The number of nitrogens with zero attached hydrogens (tertiary/aromatic N) is 2. The molecule has 0 aliphatic heterocycles. The second-order valence-corrected chi connectivity index (χ2v) is 5.44. The zero-order valence-corrected chi connectivity index (χ0v) is 12.4. The highest BCUT2D eigenvalue weighted by Gasteiger charge is 2.08.